The van der Waals surface area contributed by atoms with Crippen LogP contribution in [0.5, 0.6) is 0 Å². The summed E-state index contributed by atoms with van der Waals surface area (Å²) in [6.45, 7) is 6.98. The summed E-state index contributed by atoms with van der Waals surface area (Å²) in [5, 5.41) is 4.36. The van der Waals surface area contributed by atoms with Crippen LogP contribution in [-0.2, 0) is 11.3 Å². The summed E-state index contributed by atoms with van der Waals surface area (Å²) in [5.41, 5.74) is 1.50. The van der Waals surface area contributed by atoms with E-state index in [4.69, 9.17) is 4.84 Å². The standard InChI is InChI=1S/C23H28N4O2/c1-23(9-8-17-5-4-11-24-20(17)21(23)28)10-12-26-13-15-27(16-14-26)22-18-6-2-3-7-19(18)29-25-22/h2-7,11,18-19H,8-10,12-16H2,1H3. The minimum absolute atomic E-state index is 0.0572. The van der Waals surface area contributed by atoms with E-state index in [0.29, 0.717) is 5.69 Å². The van der Waals surface area contributed by atoms with E-state index in [9.17, 15) is 4.79 Å². The number of piperazine rings is 1. The predicted octanol–water partition coefficient (Wildman–Crippen LogP) is 2.68. The minimum Gasteiger partial charge on any atom is -0.386 e. The number of carbonyl (C=O) groups excluding carboxylic acids is 1. The van der Waals surface area contributed by atoms with Gasteiger partial charge in [-0.25, -0.2) is 0 Å². The van der Waals surface area contributed by atoms with Crippen molar-refractivity contribution in [3.63, 3.8) is 0 Å². The lowest BCUT2D eigenvalue weighted by molar-refractivity contribution is 0.0722. The molecule has 0 bridgehead atoms. The van der Waals surface area contributed by atoms with Crippen LogP contribution >= 0.6 is 0 Å². The number of aromatic nitrogens is 1. The lowest BCUT2D eigenvalue weighted by Gasteiger charge is -2.39. The first kappa shape index (κ1) is 18.6. The fraction of sp³-hybridized carbons (Fsp3) is 0.522. The van der Waals surface area contributed by atoms with Crippen molar-refractivity contribution in [2.45, 2.75) is 32.3 Å². The number of aryl methyl sites for hydroxylation is 1. The van der Waals surface area contributed by atoms with E-state index in [1.807, 2.05) is 18.2 Å². The summed E-state index contributed by atoms with van der Waals surface area (Å²) in [5.74, 6) is 1.53. The van der Waals surface area contributed by atoms with Gasteiger partial charge in [-0.2, -0.15) is 0 Å². The summed E-state index contributed by atoms with van der Waals surface area (Å²) >= 11 is 0. The van der Waals surface area contributed by atoms with E-state index in [2.05, 4.69) is 45.1 Å². The van der Waals surface area contributed by atoms with Gasteiger partial charge in [0.05, 0.1) is 5.92 Å². The summed E-state index contributed by atoms with van der Waals surface area (Å²) in [6, 6.07) is 3.96. The van der Waals surface area contributed by atoms with Gasteiger partial charge >= 0.3 is 0 Å². The maximum Gasteiger partial charge on any atom is 0.187 e. The van der Waals surface area contributed by atoms with Crippen LogP contribution < -0.4 is 0 Å². The van der Waals surface area contributed by atoms with Crippen molar-refractivity contribution in [2.75, 3.05) is 32.7 Å². The van der Waals surface area contributed by atoms with Gasteiger partial charge in [0.25, 0.3) is 0 Å². The number of pyridine rings is 1. The molecule has 3 atom stereocenters. The second-order valence-corrected chi connectivity index (χ2v) is 8.79. The van der Waals surface area contributed by atoms with Gasteiger partial charge in [-0.05, 0) is 43.5 Å². The van der Waals surface area contributed by atoms with E-state index < -0.39 is 0 Å². The molecule has 29 heavy (non-hydrogen) atoms. The fourth-order valence-electron chi connectivity index (χ4n) is 4.86. The van der Waals surface area contributed by atoms with Gasteiger partial charge in [0.15, 0.2) is 17.7 Å². The molecule has 0 aromatic carbocycles. The summed E-state index contributed by atoms with van der Waals surface area (Å²) in [6.07, 6.45) is 12.9. The monoisotopic (exact) mass is 392 g/mol. The van der Waals surface area contributed by atoms with Crippen molar-refractivity contribution >= 4 is 11.6 Å². The van der Waals surface area contributed by atoms with E-state index in [-0.39, 0.29) is 23.2 Å². The second kappa shape index (κ2) is 7.41. The third-order valence-electron chi connectivity index (χ3n) is 6.93. The number of oxime groups is 1. The maximum absolute atomic E-state index is 13.0. The van der Waals surface area contributed by atoms with Crippen molar-refractivity contribution < 1.29 is 9.63 Å². The number of rotatable bonds is 3. The lowest BCUT2D eigenvalue weighted by atomic mass is 9.71. The Hall–Kier alpha value is -2.47. The number of nitrogens with zero attached hydrogens (tertiary/aromatic N) is 4. The second-order valence-electron chi connectivity index (χ2n) is 8.79. The van der Waals surface area contributed by atoms with Crippen molar-refractivity contribution in [1.29, 1.82) is 0 Å². The molecule has 0 saturated carbocycles. The molecule has 152 valence electrons. The van der Waals surface area contributed by atoms with Gasteiger partial charge in [0.1, 0.15) is 5.69 Å². The molecule has 1 aromatic rings. The van der Waals surface area contributed by atoms with Gasteiger partial charge in [-0.1, -0.05) is 36.4 Å². The Morgan fingerprint density at radius 3 is 2.90 bits per heavy atom. The molecule has 0 amide bonds. The maximum atomic E-state index is 13.0. The molecule has 2 aliphatic carbocycles. The van der Waals surface area contributed by atoms with Crippen LogP contribution in [0.25, 0.3) is 0 Å². The number of Topliss-reactive ketones (excluding diaryl/α,β-unsaturated/α-hetero) is 1. The van der Waals surface area contributed by atoms with Gasteiger partial charge in [0, 0.05) is 37.8 Å². The van der Waals surface area contributed by atoms with E-state index in [0.717, 1.165) is 63.4 Å². The summed E-state index contributed by atoms with van der Waals surface area (Å²) < 4.78 is 0. The lowest BCUT2D eigenvalue weighted by Crippen LogP contribution is -2.51. The SMILES string of the molecule is CC1(CCN2CCN(C3=NOC4C=CC=CC34)CC2)CCc2cccnc2C1=O. The molecule has 0 spiro atoms. The van der Waals surface area contributed by atoms with Crippen molar-refractivity contribution in [1.82, 2.24) is 14.8 Å². The molecule has 6 heteroatoms. The highest BCUT2D eigenvalue weighted by atomic mass is 16.6. The zero-order chi connectivity index (χ0) is 19.8. The van der Waals surface area contributed by atoms with Crippen LogP contribution in [0.4, 0.5) is 0 Å². The molecule has 1 aromatic heterocycles. The van der Waals surface area contributed by atoms with Crippen molar-refractivity contribution in [3.8, 4) is 0 Å². The Kier molecular flexibility index (Phi) is 4.74. The largest absolute Gasteiger partial charge is 0.386 e. The highest BCUT2D eigenvalue weighted by molar-refractivity contribution is 6.00. The molecule has 6 nitrogen and oxygen atoms in total. The molecule has 2 aliphatic heterocycles. The van der Waals surface area contributed by atoms with Crippen LogP contribution in [0.3, 0.4) is 0 Å². The Bertz CT molecular complexity index is 885. The van der Waals surface area contributed by atoms with Crippen molar-refractivity contribution in [2.24, 2.45) is 16.5 Å². The molecule has 0 N–H and O–H groups in total. The Balaban J connectivity index is 1.16. The molecular formula is C23H28N4O2. The average Bonchev–Trinajstić information content (AvgIpc) is 3.20. The Labute approximate surface area is 171 Å². The molecule has 3 heterocycles. The highest BCUT2D eigenvalue weighted by Crippen LogP contribution is 2.37. The number of amidine groups is 1. The third kappa shape index (κ3) is 3.39. The molecule has 5 rings (SSSR count). The number of allylic oxidation sites excluding steroid dienone is 2. The van der Waals surface area contributed by atoms with E-state index in [1.165, 1.54) is 0 Å². The number of hydrogen-bond donors (Lipinski definition) is 0. The van der Waals surface area contributed by atoms with Gasteiger partial charge in [0.2, 0.25) is 0 Å². The number of ketones is 1. The zero-order valence-electron chi connectivity index (χ0n) is 17.0. The number of carbonyl (C=O) groups is 1. The topological polar surface area (TPSA) is 58.0 Å². The Morgan fingerprint density at radius 2 is 2.03 bits per heavy atom. The van der Waals surface area contributed by atoms with Gasteiger partial charge in [-0.3, -0.25) is 14.7 Å². The highest BCUT2D eigenvalue weighted by Gasteiger charge is 2.40. The molecule has 0 radical (unpaired) electrons. The molecule has 1 fully saturated rings. The van der Waals surface area contributed by atoms with Gasteiger partial charge in [-0.15, -0.1) is 0 Å². The minimum atomic E-state index is -0.297. The van der Waals surface area contributed by atoms with E-state index >= 15 is 0 Å². The quantitative estimate of drug-likeness (QED) is 0.792. The molecule has 4 aliphatic rings. The average molecular weight is 393 g/mol. The van der Waals surface area contributed by atoms with E-state index in [1.54, 1.807) is 6.20 Å². The first-order chi connectivity index (χ1) is 14.1. The fourth-order valence-corrected chi connectivity index (χ4v) is 4.86. The third-order valence-corrected chi connectivity index (χ3v) is 6.93. The first-order valence-corrected chi connectivity index (χ1v) is 10.7. The van der Waals surface area contributed by atoms with Gasteiger partial charge < -0.3 is 9.74 Å². The van der Waals surface area contributed by atoms with Crippen LogP contribution in [0.15, 0.2) is 47.8 Å². The number of hydrogen-bond acceptors (Lipinski definition) is 6. The molecule has 1 saturated heterocycles. The molecule has 3 unspecified atom stereocenters. The number of fused-ring (bicyclic) bond motifs is 2. The van der Waals surface area contributed by atoms with Crippen LogP contribution in [-0.4, -0.2) is 65.2 Å². The van der Waals surface area contributed by atoms with Crippen LogP contribution in [0, 0.1) is 11.3 Å². The smallest absolute Gasteiger partial charge is 0.187 e. The van der Waals surface area contributed by atoms with Crippen LogP contribution in [0.1, 0.15) is 35.8 Å². The predicted molar refractivity (Wildman–Crippen MR) is 112 cm³/mol. The van der Waals surface area contributed by atoms with Crippen molar-refractivity contribution in [3.05, 3.63) is 53.9 Å². The summed E-state index contributed by atoms with van der Waals surface area (Å²) in [4.78, 5) is 27.8. The molecular weight excluding hydrogens is 364 g/mol. The normalized spacial score (nSPS) is 31.3. The summed E-state index contributed by atoms with van der Waals surface area (Å²) in [7, 11) is 0. The first-order valence-electron chi connectivity index (χ1n) is 10.7. The zero-order valence-corrected chi connectivity index (χ0v) is 17.0. The van der Waals surface area contributed by atoms with Crippen LogP contribution in [0.2, 0.25) is 0 Å². The Morgan fingerprint density at radius 1 is 1.21 bits per heavy atom.